The van der Waals surface area contributed by atoms with Gasteiger partial charge in [0.2, 0.25) is 0 Å². The van der Waals surface area contributed by atoms with Gasteiger partial charge in [-0.05, 0) is 38.5 Å². The monoisotopic (exact) mass is 212 g/mol. The highest BCUT2D eigenvalue weighted by atomic mass is 16.5. The van der Waals surface area contributed by atoms with Gasteiger partial charge in [0.25, 0.3) is 0 Å². The van der Waals surface area contributed by atoms with E-state index < -0.39 is 0 Å². The van der Waals surface area contributed by atoms with Gasteiger partial charge in [0.05, 0.1) is 5.60 Å². The first-order valence-corrected chi connectivity index (χ1v) is 6.17. The molecule has 2 fully saturated rings. The van der Waals surface area contributed by atoms with Crippen LogP contribution in [0.15, 0.2) is 0 Å². The number of rotatable bonds is 4. The van der Waals surface area contributed by atoms with E-state index in [0.717, 1.165) is 25.6 Å². The molecule has 1 heterocycles. The molecule has 2 aliphatic rings. The van der Waals surface area contributed by atoms with Gasteiger partial charge in [0, 0.05) is 25.2 Å². The van der Waals surface area contributed by atoms with E-state index in [1.54, 1.807) is 0 Å². The Labute approximate surface area is 92.7 Å². The van der Waals surface area contributed by atoms with Crippen molar-refractivity contribution < 1.29 is 4.74 Å². The van der Waals surface area contributed by atoms with E-state index in [9.17, 15) is 0 Å². The normalized spacial score (nSPS) is 45.4. The zero-order valence-corrected chi connectivity index (χ0v) is 10.0. The van der Waals surface area contributed by atoms with E-state index in [0.29, 0.717) is 0 Å². The lowest BCUT2D eigenvalue weighted by Crippen LogP contribution is -2.62. The molecule has 0 bridgehead atoms. The molecule has 1 aliphatic carbocycles. The summed E-state index contributed by atoms with van der Waals surface area (Å²) in [7, 11) is 0. The van der Waals surface area contributed by atoms with E-state index in [1.807, 2.05) is 0 Å². The van der Waals surface area contributed by atoms with Crippen LogP contribution in [0.1, 0.15) is 39.5 Å². The fourth-order valence-electron chi connectivity index (χ4n) is 3.01. The average molecular weight is 212 g/mol. The Balaban J connectivity index is 1.81. The molecule has 3 nitrogen and oxygen atoms in total. The summed E-state index contributed by atoms with van der Waals surface area (Å²) in [4.78, 5) is 0. The third-order valence-electron chi connectivity index (χ3n) is 4.01. The zero-order chi connectivity index (χ0) is 10.9. The topological polar surface area (TPSA) is 47.3 Å². The second-order valence-electron chi connectivity index (χ2n) is 5.75. The largest absolute Gasteiger partial charge is 0.374 e. The van der Waals surface area contributed by atoms with Crippen LogP contribution in [0.5, 0.6) is 0 Å². The molecule has 3 heteroatoms. The Morgan fingerprint density at radius 3 is 2.67 bits per heavy atom. The molecule has 88 valence electrons. The maximum atomic E-state index is 5.86. The summed E-state index contributed by atoms with van der Waals surface area (Å²) in [5.41, 5.74) is 6.13. The number of nitrogens with one attached hydrogen (secondary N) is 1. The summed E-state index contributed by atoms with van der Waals surface area (Å²) in [6, 6.07) is 0. The van der Waals surface area contributed by atoms with Crippen LogP contribution in [0, 0.1) is 5.92 Å². The Bertz CT molecular complexity index is 218. The number of hydrogen-bond donors (Lipinski definition) is 2. The van der Waals surface area contributed by atoms with Crippen LogP contribution < -0.4 is 11.1 Å². The molecule has 2 rings (SSSR count). The molecule has 0 aromatic carbocycles. The number of ether oxygens (including phenoxy) is 1. The van der Waals surface area contributed by atoms with Gasteiger partial charge in [-0.2, -0.15) is 0 Å². The van der Waals surface area contributed by atoms with Gasteiger partial charge in [-0.15, -0.1) is 0 Å². The zero-order valence-electron chi connectivity index (χ0n) is 10.0. The first kappa shape index (κ1) is 11.4. The van der Waals surface area contributed by atoms with Crippen LogP contribution in [-0.2, 0) is 4.74 Å². The van der Waals surface area contributed by atoms with E-state index >= 15 is 0 Å². The average Bonchev–Trinajstić information content (AvgIpc) is 2.59. The summed E-state index contributed by atoms with van der Waals surface area (Å²) in [5, 5.41) is 3.65. The van der Waals surface area contributed by atoms with E-state index in [4.69, 9.17) is 10.5 Å². The Morgan fingerprint density at radius 1 is 1.47 bits per heavy atom. The fraction of sp³-hybridized carbons (Fsp3) is 1.00. The summed E-state index contributed by atoms with van der Waals surface area (Å²) in [6.07, 6.45) is 4.82. The molecule has 0 radical (unpaired) electrons. The third-order valence-corrected chi connectivity index (χ3v) is 4.01. The summed E-state index contributed by atoms with van der Waals surface area (Å²) in [6.45, 7) is 7.14. The minimum Gasteiger partial charge on any atom is -0.374 e. The van der Waals surface area contributed by atoms with Crippen molar-refractivity contribution in [3.63, 3.8) is 0 Å². The lowest BCUT2D eigenvalue weighted by Gasteiger charge is -2.48. The van der Waals surface area contributed by atoms with Crippen LogP contribution >= 0.6 is 0 Å². The van der Waals surface area contributed by atoms with Gasteiger partial charge >= 0.3 is 0 Å². The maximum absolute atomic E-state index is 5.86. The predicted octanol–water partition coefficient (Wildman–Crippen LogP) is 1.27. The van der Waals surface area contributed by atoms with Crippen LogP contribution in [0.2, 0.25) is 0 Å². The van der Waals surface area contributed by atoms with E-state index in [2.05, 4.69) is 19.2 Å². The van der Waals surface area contributed by atoms with Gasteiger partial charge in [0.1, 0.15) is 0 Å². The second-order valence-corrected chi connectivity index (χ2v) is 5.75. The van der Waals surface area contributed by atoms with E-state index in [-0.39, 0.29) is 11.1 Å². The third kappa shape index (κ3) is 2.35. The minimum atomic E-state index is 0.0565. The molecule has 1 unspecified atom stereocenters. The molecule has 1 saturated heterocycles. The lowest BCUT2D eigenvalue weighted by molar-refractivity contribution is 0.00312. The van der Waals surface area contributed by atoms with Crippen LogP contribution in [-0.4, -0.2) is 30.8 Å². The quantitative estimate of drug-likeness (QED) is 0.738. The van der Waals surface area contributed by atoms with Crippen molar-refractivity contribution in [1.82, 2.24) is 5.32 Å². The van der Waals surface area contributed by atoms with Crippen molar-refractivity contribution >= 4 is 0 Å². The van der Waals surface area contributed by atoms with Gasteiger partial charge in [-0.3, -0.25) is 0 Å². The molecule has 3 N–H and O–H groups in total. The molecule has 1 aliphatic heterocycles. The summed E-state index contributed by atoms with van der Waals surface area (Å²) in [5.74, 6) is 0.832. The van der Waals surface area contributed by atoms with Gasteiger partial charge in [-0.25, -0.2) is 0 Å². The molecular formula is C12H24N2O. The van der Waals surface area contributed by atoms with Gasteiger partial charge < -0.3 is 15.8 Å². The van der Waals surface area contributed by atoms with Crippen molar-refractivity contribution in [2.45, 2.75) is 50.7 Å². The van der Waals surface area contributed by atoms with Crippen molar-refractivity contribution in [3.8, 4) is 0 Å². The summed E-state index contributed by atoms with van der Waals surface area (Å²) < 4.78 is 5.77. The second kappa shape index (κ2) is 4.04. The van der Waals surface area contributed by atoms with Crippen molar-refractivity contribution in [2.24, 2.45) is 11.7 Å². The highest BCUT2D eigenvalue weighted by molar-refractivity contribution is 5.02. The van der Waals surface area contributed by atoms with Crippen molar-refractivity contribution in [3.05, 3.63) is 0 Å². The SMILES string of the molecule is CC1CC(CN)(NCC2(C)CCCO2)C1. The molecular weight excluding hydrogens is 188 g/mol. The first-order valence-electron chi connectivity index (χ1n) is 6.17. The van der Waals surface area contributed by atoms with Crippen LogP contribution in [0.25, 0.3) is 0 Å². The highest BCUT2D eigenvalue weighted by Crippen LogP contribution is 2.37. The van der Waals surface area contributed by atoms with Gasteiger partial charge in [0.15, 0.2) is 0 Å². The molecule has 0 aromatic heterocycles. The molecule has 0 amide bonds. The standard InChI is InChI=1S/C12H24N2O/c1-10-6-12(7-10,8-13)14-9-11(2)4-3-5-15-11/h10,14H,3-9,13H2,1-2H3. The smallest absolute Gasteiger partial charge is 0.0779 e. The fourth-order valence-corrected chi connectivity index (χ4v) is 3.01. The molecule has 0 aromatic rings. The Kier molecular flexibility index (Phi) is 3.06. The lowest BCUT2D eigenvalue weighted by atomic mass is 9.69. The number of nitrogens with two attached hydrogens (primary N) is 1. The van der Waals surface area contributed by atoms with E-state index in [1.165, 1.54) is 25.7 Å². The predicted molar refractivity (Wildman–Crippen MR) is 61.8 cm³/mol. The highest BCUT2D eigenvalue weighted by Gasteiger charge is 2.42. The van der Waals surface area contributed by atoms with Crippen LogP contribution in [0.4, 0.5) is 0 Å². The molecule has 1 atom stereocenters. The minimum absolute atomic E-state index is 0.0565. The Hall–Kier alpha value is -0.120. The van der Waals surface area contributed by atoms with Crippen LogP contribution in [0.3, 0.4) is 0 Å². The summed E-state index contributed by atoms with van der Waals surface area (Å²) >= 11 is 0. The van der Waals surface area contributed by atoms with Gasteiger partial charge in [-0.1, -0.05) is 6.92 Å². The van der Waals surface area contributed by atoms with Crippen molar-refractivity contribution in [2.75, 3.05) is 19.7 Å². The number of hydrogen-bond acceptors (Lipinski definition) is 3. The maximum Gasteiger partial charge on any atom is 0.0779 e. The molecule has 0 spiro atoms. The molecule has 15 heavy (non-hydrogen) atoms. The van der Waals surface area contributed by atoms with Crippen molar-refractivity contribution in [1.29, 1.82) is 0 Å². The Morgan fingerprint density at radius 2 is 2.20 bits per heavy atom. The first-order chi connectivity index (χ1) is 7.08. The molecule has 1 saturated carbocycles.